The van der Waals surface area contributed by atoms with Gasteiger partial charge in [-0.15, -0.1) is 0 Å². The lowest BCUT2D eigenvalue weighted by molar-refractivity contribution is 0.0215. The highest BCUT2D eigenvalue weighted by Gasteiger charge is 2.18. The Balaban J connectivity index is 2.48. The van der Waals surface area contributed by atoms with E-state index in [0.29, 0.717) is 11.5 Å². The molecule has 1 aromatic carbocycles. The van der Waals surface area contributed by atoms with E-state index in [9.17, 15) is 4.79 Å². The number of esters is 1. The van der Waals surface area contributed by atoms with Crippen LogP contribution in [0.15, 0.2) is 30.3 Å². The molecule has 25 heavy (non-hydrogen) atoms. The van der Waals surface area contributed by atoms with Crippen molar-refractivity contribution in [2.75, 3.05) is 0 Å². The molecule has 0 spiro atoms. The van der Waals surface area contributed by atoms with Crippen LogP contribution >= 0.6 is 0 Å². The average Bonchev–Trinajstić information content (AvgIpc) is 2.63. The van der Waals surface area contributed by atoms with Crippen molar-refractivity contribution in [2.24, 2.45) is 5.92 Å². The summed E-state index contributed by atoms with van der Waals surface area (Å²) < 4.78 is 5.88. The summed E-state index contributed by atoms with van der Waals surface area (Å²) in [6.07, 6.45) is 13.4. The Morgan fingerprint density at radius 3 is 2.08 bits per heavy atom. The van der Waals surface area contributed by atoms with Gasteiger partial charge >= 0.3 is 5.97 Å². The van der Waals surface area contributed by atoms with E-state index in [0.717, 1.165) is 19.3 Å². The zero-order valence-corrected chi connectivity index (χ0v) is 16.6. The maximum atomic E-state index is 12.4. The lowest BCUT2D eigenvalue weighted by atomic mass is 9.94. The quantitative estimate of drug-likeness (QED) is 0.263. The second-order valence-corrected chi connectivity index (χ2v) is 7.43. The van der Waals surface area contributed by atoms with Crippen molar-refractivity contribution in [3.05, 3.63) is 35.9 Å². The second-order valence-electron chi connectivity index (χ2n) is 7.43. The standard InChI is InChI=1S/C23H38O2/c1-4-6-8-11-15-20(3)19-22(18-14-9-7-5-2)25-23(24)21-16-12-10-13-17-21/h10,12-13,16-17,20,22H,4-9,11,14-15,18-19H2,1-3H3. The van der Waals surface area contributed by atoms with Gasteiger partial charge < -0.3 is 4.74 Å². The molecule has 0 amide bonds. The van der Waals surface area contributed by atoms with Crippen molar-refractivity contribution in [1.29, 1.82) is 0 Å². The van der Waals surface area contributed by atoms with Crippen LogP contribution in [-0.4, -0.2) is 12.1 Å². The number of benzene rings is 1. The van der Waals surface area contributed by atoms with Gasteiger partial charge in [-0.25, -0.2) is 4.79 Å². The zero-order chi connectivity index (χ0) is 18.3. The molecule has 1 rings (SSSR count). The molecular weight excluding hydrogens is 308 g/mol. The summed E-state index contributed by atoms with van der Waals surface area (Å²) in [5.41, 5.74) is 0.664. The minimum atomic E-state index is -0.167. The van der Waals surface area contributed by atoms with Crippen molar-refractivity contribution in [3.8, 4) is 0 Å². The third kappa shape index (κ3) is 10.3. The summed E-state index contributed by atoms with van der Waals surface area (Å²) in [6.45, 7) is 6.78. The Hall–Kier alpha value is -1.31. The summed E-state index contributed by atoms with van der Waals surface area (Å²) >= 11 is 0. The molecule has 0 aromatic heterocycles. The molecule has 1 aromatic rings. The first-order valence-corrected chi connectivity index (χ1v) is 10.4. The Labute approximate surface area is 155 Å². The van der Waals surface area contributed by atoms with Gasteiger partial charge in [0.2, 0.25) is 0 Å². The number of rotatable bonds is 14. The monoisotopic (exact) mass is 346 g/mol. The van der Waals surface area contributed by atoms with Crippen LogP contribution in [0.3, 0.4) is 0 Å². The maximum absolute atomic E-state index is 12.4. The molecule has 0 heterocycles. The molecular formula is C23H38O2. The van der Waals surface area contributed by atoms with Gasteiger partial charge in [0.25, 0.3) is 0 Å². The van der Waals surface area contributed by atoms with Crippen molar-refractivity contribution >= 4 is 5.97 Å². The maximum Gasteiger partial charge on any atom is 0.338 e. The van der Waals surface area contributed by atoms with Crippen LogP contribution in [0.5, 0.6) is 0 Å². The lowest BCUT2D eigenvalue weighted by Crippen LogP contribution is -2.21. The Morgan fingerprint density at radius 2 is 1.48 bits per heavy atom. The number of hydrogen-bond acceptors (Lipinski definition) is 2. The normalized spacial score (nSPS) is 13.4. The van der Waals surface area contributed by atoms with Crippen LogP contribution in [0, 0.1) is 5.92 Å². The molecule has 0 fully saturated rings. The Kier molecular flexibility index (Phi) is 12.1. The van der Waals surface area contributed by atoms with E-state index >= 15 is 0 Å². The topological polar surface area (TPSA) is 26.3 Å². The number of unbranched alkanes of at least 4 members (excludes halogenated alkanes) is 6. The van der Waals surface area contributed by atoms with Crippen molar-refractivity contribution in [1.82, 2.24) is 0 Å². The van der Waals surface area contributed by atoms with Gasteiger partial charge in [-0.1, -0.05) is 90.3 Å². The van der Waals surface area contributed by atoms with Crippen LogP contribution in [0.2, 0.25) is 0 Å². The molecule has 2 atom stereocenters. The molecule has 0 bridgehead atoms. The summed E-state index contributed by atoms with van der Waals surface area (Å²) in [5, 5.41) is 0. The third-order valence-corrected chi connectivity index (χ3v) is 4.88. The lowest BCUT2D eigenvalue weighted by Gasteiger charge is -2.22. The molecule has 2 heteroatoms. The highest BCUT2D eigenvalue weighted by Crippen LogP contribution is 2.22. The van der Waals surface area contributed by atoms with Gasteiger partial charge in [-0.3, -0.25) is 0 Å². The molecule has 142 valence electrons. The Morgan fingerprint density at radius 1 is 0.880 bits per heavy atom. The van der Waals surface area contributed by atoms with Crippen LogP contribution in [0.25, 0.3) is 0 Å². The van der Waals surface area contributed by atoms with Crippen molar-refractivity contribution < 1.29 is 9.53 Å². The minimum absolute atomic E-state index is 0.0609. The zero-order valence-electron chi connectivity index (χ0n) is 16.6. The van der Waals surface area contributed by atoms with Crippen LogP contribution in [-0.2, 0) is 4.74 Å². The fourth-order valence-electron chi connectivity index (χ4n) is 3.30. The van der Waals surface area contributed by atoms with E-state index in [1.165, 1.54) is 51.4 Å². The minimum Gasteiger partial charge on any atom is -0.459 e. The fourth-order valence-corrected chi connectivity index (χ4v) is 3.30. The van der Waals surface area contributed by atoms with Crippen molar-refractivity contribution in [3.63, 3.8) is 0 Å². The highest BCUT2D eigenvalue weighted by atomic mass is 16.5. The molecule has 0 aliphatic heterocycles. The number of hydrogen-bond donors (Lipinski definition) is 0. The molecule has 2 unspecified atom stereocenters. The van der Waals surface area contributed by atoms with E-state index in [2.05, 4.69) is 20.8 Å². The Bertz CT molecular complexity index is 441. The van der Waals surface area contributed by atoms with E-state index < -0.39 is 0 Å². The fraction of sp³-hybridized carbons (Fsp3) is 0.696. The summed E-state index contributed by atoms with van der Waals surface area (Å²) in [4.78, 5) is 12.4. The average molecular weight is 347 g/mol. The highest BCUT2D eigenvalue weighted by molar-refractivity contribution is 5.89. The number of carbonyl (C=O) groups excluding carboxylic acids is 1. The van der Waals surface area contributed by atoms with E-state index in [1.54, 1.807) is 0 Å². The number of carbonyl (C=O) groups is 1. The van der Waals surface area contributed by atoms with Gasteiger partial charge in [0, 0.05) is 0 Å². The number of ether oxygens (including phenoxy) is 1. The van der Waals surface area contributed by atoms with E-state index in [1.807, 2.05) is 30.3 Å². The van der Waals surface area contributed by atoms with Gasteiger partial charge in [0.15, 0.2) is 0 Å². The molecule has 2 nitrogen and oxygen atoms in total. The third-order valence-electron chi connectivity index (χ3n) is 4.88. The van der Waals surface area contributed by atoms with Gasteiger partial charge in [-0.2, -0.15) is 0 Å². The van der Waals surface area contributed by atoms with Gasteiger partial charge in [-0.05, 0) is 37.3 Å². The molecule has 0 saturated carbocycles. The van der Waals surface area contributed by atoms with Crippen LogP contribution in [0.4, 0.5) is 0 Å². The van der Waals surface area contributed by atoms with Gasteiger partial charge in [0.1, 0.15) is 6.10 Å². The molecule has 0 N–H and O–H groups in total. The van der Waals surface area contributed by atoms with E-state index in [-0.39, 0.29) is 12.1 Å². The smallest absolute Gasteiger partial charge is 0.338 e. The largest absolute Gasteiger partial charge is 0.459 e. The first kappa shape index (κ1) is 21.7. The summed E-state index contributed by atoms with van der Waals surface area (Å²) in [7, 11) is 0. The van der Waals surface area contributed by atoms with Crippen LogP contribution in [0.1, 0.15) is 102 Å². The second kappa shape index (κ2) is 13.9. The SMILES string of the molecule is CCCCCCC(C)CC(CCCCCC)OC(=O)c1ccccc1. The molecule has 0 aliphatic carbocycles. The first-order valence-electron chi connectivity index (χ1n) is 10.4. The predicted molar refractivity (Wildman–Crippen MR) is 107 cm³/mol. The molecule has 0 aliphatic rings. The molecule has 0 saturated heterocycles. The first-order chi connectivity index (χ1) is 12.2. The van der Waals surface area contributed by atoms with E-state index in [4.69, 9.17) is 4.74 Å². The summed E-state index contributed by atoms with van der Waals surface area (Å²) in [5.74, 6) is 0.455. The summed E-state index contributed by atoms with van der Waals surface area (Å²) in [6, 6.07) is 9.39. The predicted octanol–water partition coefficient (Wildman–Crippen LogP) is 7.18. The molecule has 0 radical (unpaired) electrons. The van der Waals surface area contributed by atoms with Gasteiger partial charge in [0.05, 0.1) is 5.56 Å². The van der Waals surface area contributed by atoms with Crippen molar-refractivity contribution in [2.45, 2.75) is 97.5 Å². The van der Waals surface area contributed by atoms with Crippen LogP contribution < -0.4 is 0 Å².